The molecule has 0 aliphatic heterocycles. The highest BCUT2D eigenvalue weighted by atomic mass is 16.6. The zero-order chi connectivity index (χ0) is 22.9. The van der Waals surface area contributed by atoms with Crippen molar-refractivity contribution in [3.05, 3.63) is 34.4 Å². The molecule has 7 nitrogen and oxygen atoms in total. The molecule has 0 saturated carbocycles. The van der Waals surface area contributed by atoms with Crippen LogP contribution in [0.5, 0.6) is 5.75 Å². The molecule has 0 saturated heterocycles. The average Bonchev–Trinajstić information content (AvgIpc) is 2.73. The smallest absolute Gasteiger partial charge is 0.352 e. The lowest BCUT2D eigenvalue weighted by atomic mass is 10.0. The number of esters is 2. The average molecular weight is 436 g/mol. The molecule has 0 aromatic heterocycles. The molecular weight excluding hydrogens is 398 g/mol. The van der Waals surface area contributed by atoms with Gasteiger partial charge in [0, 0.05) is 19.1 Å². The van der Waals surface area contributed by atoms with Gasteiger partial charge in [-0.2, -0.15) is 0 Å². The van der Waals surface area contributed by atoms with Crippen LogP contribution in [0.2, 0.25) is 0 Å². The number of hydrogen-bond acceptors (Lipinski definition) is 6. The van der Waals surface area contributed by atoms with Crippen molar-refractivity contribution in [3.63, 3.8) is 0 Å². The van der Waals surface area contributed by atoms with Crippen LogP contribution in [-0.2, 0) is 14.3 Å². The van der Waals surface area contributed by atoms with Crippen LogP contribution in [0, 0.1) is 10.1 Å². The van der Waals surface area contributed by atoms with Crippen molar-refractivity contribution in [2.24, 2.45) is 0 Å². The summed E-state index contributed by atoms with van der Waals surface area (Å²) in [6.07, 6.45) is 14.0. The van der Waals surface area contributed by atoms with Crippen LogP contribution >= 0.6 is 0 Å². The second kappa shape index (κ2) is 16.3. The van der Waals surface area contributed by atoms with E-state index in [1.165, 1.54) is 89.0 Å². The highest BCUT2D eigenvalue weighted by Crippen LogP contribution is 2.19. The number of nitro benzene ring substituents is 1. The molecule has 0 amide bonds. The van der Waals surface area contributed by atoms with Crippen molar-refractivity contribution in [1.29, 1.82) is 0 Å². The number of nitro groups is 1. The summed E-state index contributed by atoms with van der Waals surface area (Å²) in [7, 11) is 0. The van der Waals surface area contributed by atoms with Gasteiger partial charge in [-0.1, -0.05) is 77.6 Å². The van der Waals surface area contributed by atoms with Crippen LogP contribution in [0.3, 0.4) is 0 Å². The van der Waals surface area contributed by atoms with Gasteiger partial charge in [0.15, 0.2) is 6.10 Å². The second-order valence-corrected chi connectivity index (χ2v) is 7.95. The highest BCUT2D eigenvalue weighted by molar-refractivity contribution is 5.80. The summed E-state index contributed by atoms with van der Waals surface area (Å²) in [5, 5.41) is 10.7. The van der Waals surface area contributed by atoms with Crippen molar-refractivity contribution in [3.8, 4) is 5.75 Å². The first-order valence-corrected chi connectivity index (χ1v) is 11.6. The Morgan fingerprint density at radius 3 is 1.81 bits per heavy atom. The molecule has 1 atom stereocenters. The molecule has 174 valence electrons. The third kappa shape index (κ3) is 12.8. The molecule has 0 aliphatic carbocycles. The Bertz CT molecular complexity index is 659. The first-order valence-electron chi connectivity index (χ1n) is 11.6. The van der Waals surface area contributed by atoms with Gasteiger partial charge in [0.25, 0.3) is 5.69 Å². The maximum atomic E-state index is 12.4. The predicted molar refractivity (Wildman–Crippen MR) is 120 cm³/mol. The normalized spacial score (nSPS) is 11.7. The third-order valence-corrected chi connectivity index (χ3v) is 5.16. The van der Waals surface area contributed by atoms with Gasteiger partial charge in [0.1, 0.15) is 5.75 Å². The monoisotopic (exact) mass is 435 g/mol. The zero-order valence-corrected chi connectivity index (χ0v) is 19.0. The third-order valence-electron chi connectivity index (χ3n) is 5.16. The first-order chi connectivity index (χ1) is 14.9. The Morgan fingerprint density at radius 1 is 0.871 bits per heavy atom. The van der Waals surface area contributed by atoms with E-state index in [1.807, 2.05) is 0 Å². The Kier molecular flexibility index (Phi) is 14.0. The number of non-ortho nitro benzene ring substituents is 1. The van der Waals surface area contributed by atoms with Crippen LogP contribution < -0.4 is 4.74 Å². The first kappa shape index (κ1) is 26.6. The van der Waals surface area contributed by atoms with Crippen molar-refractivity contribution in [2.75, 3.05) is 0 Å². The molecule has 0 aliphatic rings. The number of ether oxygens (including phenoxy) is 2. The molecule has 1 unspecified atom stereocenters. The van der Waals surface area contributed by atoms with E-state index in [4.69, 9.17) is 9.47 Å². The molecule has 0 heterocycles. The lowest BCUT2D eigenvalue weighted by Gasteiger charge is -2.15. The van der Waals surface area contributed by atoms with Crippen molar-refractivity contribution in [1.82, 2.24) is 0 Å². The predicted octanol–water partition coefficient (Wildman–Crippen LogP) is 6.52. The highest BCUT2D eigenvalue weighted by Gasteiger charge is 2.23. The molecule has 31 heavy (non-hydrogen) atoms. The second-order valence-electron chi connectivity index (χ2n) is 7.95. The minimum absolute atomic E-state index is 0.0900. The summed E-state index contributed by atoms with van der Waals surface area (Å²) in [4.78, 5) is 33.9. The quantitative estimate of drug-likeness (QED) is 0.0908. The maximum Gasteiger partial charge on any atom is 0.352 e. The lowest BCUT2D eigenvalue weighted by Crippen LogP contribution is -2.30. The fraction of sp³-hybridized carbons (Fsp3) is 0.667. The van der Waals surface area contributed by atoms with E-state index < -0.39 is 23.0 Å². The van der Waals surface area contributed by atoms with Gasteiger partial charge in [-0.3, -0.25) is 14.9 Å². The van der Waals surface area contributed by atoms with E-state index >= 15 is 0 Å². The van der Waals surface area contributed by atoms with Crippen LogP contribution in [0.15, 0.2) is 24.3 Å². The Hall–Kier alpha value is -2.44. The van der Waals surface area contributed by atoms with Crippen molar-refractivity contribution < 1.29 is 24.0 Å². The topological polar surface area (TPSA) is 95.7 Å². The van der Waals surface area contributed by atoms with E-state index in [1.54, 1.807) is 0 Å². The summed E-state index contributed by atoms with van der Waals surface area (Å²) in [5.74, 6) is -1.01. The minimum Gasteiger partial charge on any atom is -0.451 e. The molecule has 1 aromatic rings. The van der Waals surface area contributed by atoms with E-state index in [0.29, 0.717) is 6.42 Å². The van der Waals surface area contributed by atoms with Crippen LogP contribution in [0.25, 0.3) is 0 Å². The number of rotatable bonds is 17. The number of carbonyl (C=O) groups is 2. The molecule has 1 aromatic carbocycles. The van der Waals surface area contributed by atoms with Crippen LogP contribution in [-0.4, -0.2) is 23.0 Å². The fourth-order valence-electron chi connectivity index (χ4n) is 3.41. The Morgan fingerprint density at radius 2 is 1.35 bits per heavy atom. The molecule has 0 radical (unpaired) electrons. The van der Waals surface area contributed by atoms with Gasteiger partial charge in [0.2, 0.25) is 0 Å². The standard InChI is InChI=1S/C24H37NO6/c1-3-4-5-6-7-8-9-10-11-12-13-14-15-23(30-20(2)26)24(27)31-22-18-16-21(17-19-22)25(28)29/h16-19,23H,3-15H2,1-2H3. The van der Waals surface area contributed by atoms with Crippen LogP contribution in [0.4, 0.5) is 5.69 Å². The number of carbonyl (C=O) groups excluding carboxylic acids is 2. The summed E-state index contributed by atoms with van der Waals surface area (Å²) >= 11 is 0. The maximum absolute atomic E-state index is 12.4. The summed E-state index contributed by atoms with van der Waals surface area (Å²) < 4.78 is 10.4. The SMILES string of the molecule is CCCCCCCCCCCCCCC(OC(C)=O)C(=O)Oc1ccc([N+](=O)[O-])cc1. The largest absolute Gasteiger partial charge is 0.451 e. The number of unbranched alkanes of at least 4 members (excludes halogenated alkanes) is 11. The molecule has 0 bridgehead atoms. The van der Waals surface area contributed by atoms with Crippen molar-refractivity contribution in [2.45, 2.75) is 103 Å². The van der Waals surface area contributed by atoms with Crippen LogP contribution in [0.1, 0.15) is 97.3 Å². The number of hydrogen-bond donors (Lipinski definition) is 0. The van der Waals surface area contributed by atoms with Gasteiger partial charge in [0.05, 0.1) is 4.92 Å². The number of nitrogens with zero attached hydrogens (tertiary/aromatic N) is 1. The van der Waals surface area contributed by atoms with Gasteiger partial charge in [-0.15, -0.1) is 0 Å². The summed E-state index contributed by atoms with van der Waals surface area (Å²) in [6.45, 7) is 3.49. The molecule has 7 heteroatoms. The van der Waals surface area contributed by atoms with E-state index in [-0.39, 0.29) is 11.4 Å². The van der Waals surface area contributed by atoms with Gasteiger partial charge in [-0.05, 0) is 25.0 Å². The summed E-state index contributed by atoms with van der Waals surface area (Å²) in [6, 6.07) is 5.22. The molecule has 0 N–H and O–H groups in total. The molecular formula is C24H37NO6. The summed E-state index contributed by atoms with van der Waals surface area (Å²) in [5.41, 5.74) is -0.0900. The van der Waals surface area contributed by atoms with Crippen molar-refractivity contribution >= 4 is 17.6 Å². The van der Waals surface area contributed by atoms with E-state index in [0.717, 1.165) is 19.3 Å². The van der Waals surface area contributed by atoms with E-state index in [2.05, 4.69) is 6.92 Å². The number of benzene rings is 1. The molecule has 0 spiro atoms. The Labute approximate surface area is 185 Å². The van der Waals surface area contributed by atoms with E-state index in [9.17, 15) is 19.7 Å². The molecule has 0 fully saturated rings. The van der Waals surface area contributed by atoms with Gasteiger partial charge in [-0.25, -0.2) is 4.79 Å². The lowest BCUT2D eigenvalue weighted by molar-refractivity contribution is -0.384. The Balaban J connectivity index is 2.25. The van der Waals surface area contributed by atoms with Gasteiger partial charge >= 0.3 is 11.9 Å². The molecule has 1 rings (SSSR count). The van der Waals surface area contributed by atoms with Gasteiger partial charge < -0.3 is 9.47 Å². The minimum atomic E-state index is -0.962. The zero-order valence-electron chi connectivity index (χ0n) is 19.0. The fourth-order valence-corrected chi connectivity index (χ4v) is 3.41.